The van der Waals surface area contributed by atoms with Crippen LogP contribution >= 0.6 is 24.0 Å². The van der Waals surface area contributed by atoms with Crippen LogP contribution in [0.4, 0.5) is 0 Å². The van der Waals surface area contributed by atoms with Crippen LogP contribution in [0, 0.1) is 12.8 Å². The monoisotopic (exact) mass is 551 g/mol. The Kier molecular flexibility index (Phi) is 9.47. The number of halogens is 1. The van der Waals surface area contributed by atoms with Crippen molar-refractivity contribution in [3.63, 3.8) is 0 Å². The van der Waals surface area contributed by atoms with Crippen molar-refractivity contribution in [1.29, 1.82) is 0 Å². The maximum Gasteiger partial charge on any atom is 0.191 e. The third-order valence-electron chi connectivity index (χ3n) is 5.88. The summed E-state index contributed by atoms with van der Waals surface area (Å²) in [6.45, 7) is 5.82. The lowest BCUT2D eigenvalue weighted by molar-refractivity contribution is -0.0265. The number of guanidine groups is 1. The Morgan fingerprint density at radius 3 is 2.53 bits per heavy atom. The van der Waals surface area contributed by atoms with Gasteiger partial charge in [0.15, 0.2) is 17.5 Å². The van der Waals surface area contributed by atoms with Crippen molar-refractivity contribution in [3.05, 3.63) is 59.2 Å². The van der Waals surface area contributed by atoms with Gasteiger partial charge in [0.05, 0.1) is 19.3 Å². The standard InChI is InChI=1S/C25H33N3O3.HI/c1-18-6-9-20(10-7-18)24-21(5-3-12-31-24)17-28-25(26-2)27-16-19-8-11-22-23(15-19)30-14-4-13-29-22;/h6-11,15,21,24H,3-5,12-14,16-17H2,1-2H3,(H2,26,27,28);1H. The maximum absolute atomic E-state index is 6.15. The van der Waals surface area contributed by atoms with E-state index < -0.39 is 0 Å². The van der Waals surface area contributed by atoms with Gasteiger partial charge in [-0.1, -0.05) is 35.9 Å². The van der Waals surface area contributed by atoms with E-state index in [1.165, 1.54) is 11.1 Å². The molecular formula is C25H34IN3O3. The lowest BCUT2D eigenvalue weighted by atomic mass is 9.89. The molecule has 174 valence electrons. The highest BCUT2D eigenvalue weighted by Gasteiger charge is 2.27. The second-order valence-corrected chi connectivity index (χ2v) is 8.24. The number of benzene rings is 2. The molecule has 2 aromatic rings. The highest BCUT2D eigenvalue weighted by molar-refractivity contribution is 14.0. The first-order chi connectivity index (χ1) is 15.2. The number of fused-ring (bicyclic) bond motifs is 1. The van der Waals surface area contributed by atoms with Crippen molar-refractivity contribution in [2.45, 2.75) is 38.8 Å². The molecule has 4 rings (SSSR count). The average molecular weight is 551 g/mol. The van der Waals surface area contributed by atoms with Crippen molar-refractivity contribution in [1.82, 2.24) is 10.6 Å². The molecule has 2 aliphatic rings. The zero-order chi connectivity index (χ0) is 21.5. The molecular weight excluding hydrogens is 517 g/mol. The molecule has 0 spiro atoms. The highest BCUT2D eigenvalue weighted by atomic mass is 127. The molecule has 0 radical (unpaired) electrons. The summed E-state index contributed by atoms with van der Waals surface area (Å²) in [5.74, 6) is 2.84. The molecule has 0 aliphatic carbocycles. The fourth-order valence-electron chi connectivity index (χ4n) is 4.13. The van der Waals surface area contributed by atoms with Crippen LogP contribution in [0.5, 0.6) is 11.5 Å². The molecule has 0 saturated carbocycles. The normalized spacial score (nSPS) is 20.6. The van der Waals surface area contributed by atoms with E-state index in [0.717, 1.165) is 55.4 Å². The zero-order valence-electron chi connectivity index (χ0n) is 18.9. The summed E-state index contributed by atoms with van der Waals surface area (Å²) in [5.41, 5.74) is 3.66. The molecule has 0 bridgehead atoms. The first-order valence-electron chi connectivity index (χ1n) is 11.2. The second kappa shape index (κ2) is 12.3. The predicted molar refractivity (Wildman–Crippen MR) is 138 cm³/mol. The summed E-state index contributed by atoms with van der Waals surface area (Å²) in [6.07, 6.45) is 3.28. The van der Waals surface area contributed by atoms with Gasteiger partial charge in [0.1, 0.15) is 0 Å². The summed E-state index contributed by atoms with van der Waals surface area (Å²) in [4.78, 5) is 4.40. The van der Waals surface area contributed by atoms with E-state index in [1.54, 1.807) is 7.05 Å². The summed E-state index contributed by atoms with van der Waals surface area (Å²) >= 11 is 0. The van der Waals surface area contributed by atoms with Crippen LogP contribution in [0.2, 0.25) is 0 Å². The molecule has 0 amide bonds. The van der Waals surface area contributed by atoms with Crippen molar-refractivity contribution < 1.29 is 14.2 Å². The fourth-order valence-corrected chi connectivity index (χ4v) is 4.13. The van der Waals surface area contributed by atoms with E-state index in [1.807, 2.05) is 12.1 Å². The number of hydrogen-bond acceptors (Lipinski definition) is 4. The Morgan fingerprint density at radius 2 is 1.75 bits per heavy atom. The molecule has 1 fully saturated rings. The van der Waals surface area contributed by atoms with Gasteiger partial charge >= 0.3 is 0 Å². The van der Waals surface area contributed by atoms with Gasteiger partial charge in [-0.2, -0.15) is 0 Å². The third-order valence-corrected chi connectivity index (χ3v) is 5.88. The van der Waals surface area contributed by atoms with Crippen LogP contribution in [-0.4, -0.2) is 39.4 Å². The number of nitrogens with one attached hydrogen (secondary N) is 2. The Hall–Kier alpha value is -2.00. The molecule has 6 nitrogen and oxygen atoms in total. The molecule has 2 aliphatic heterocycles. The Balaban J connectivity index is 0.00000289. The highest BCUT2D eigenvalue weighted by Crippen LogP contribution is 2.33. The van der Waals surface area contributed by atoms with Crippen LogP contribution in [0.1, 0.15) is 42.1 Å². The number of aryl methyl sites for hydroxylation is 1. The SMILES string of the molecule is CN=C(NCc1ccc2c(c1)OCCCO2)NCC1CCCOC1c1ccc(C)cc1.I. The minimum atomic E-state index is 0. The maximum atomic E-state index is 6.15. The molecule has 2 unspecified atom stereocenters. The topological polar surface area (TPSA) is 64.1 Å². The van der Waals surface area contributed by atoms with Gasteiger partial charge in [0.2, 0.25) is 0 Å². The summed E-state index contributed by atoms with van der Waals surface area (Å²) in [6, 6.07) is 14.8. The number of aliphatic imine (C=N–C) groups is 1. The number of ether oxygens (including phenoxy) is 3. The Bertz CT molecular complexity index is 889. The van der Waals surface area contributed by atoms with Gasteiger partial charge in [-0.25, -0.2) is 0 Å². The van der Waals surface area contributed by atoms with Gasteiger partial charge in [-0.3, -0.25) is 4.99 Å². The van der Waals surface area contributed by atoms with Gasteiger partial charge in [0, 0.05) is 39.1 Å². The van der Waals surface area contributed by atoms with Crippen LogP contribution in [-0.2, 0) is 11.3 Å². The smallest absolute Gasteiger partial charge is 0.191 e. The minimum absolute atomic E-state index is 0. The third kappa shape index (κ3) is 6.51. The summed E-state index contributed by atoms with van der Waals surface area (Å²) in [7, 11) is 1.80. The van der Waals surface area contributed by atoms with Crippen LogP contribution < -0.4 is 20.1 Å². The van der Waals surface area contributed by atoms with Crippen LogP contribution in [0.25, 0.3) is 0 Å². The molecule has 2 aromatic carbocycles. The fraction of sp³-hybridized carbons (Fsp3) is 0.480. The number of hydrogen-bond donors (Lipinski definition) is 2. The van der Waals surface area contributed by atoms with Gasteiger partial charge in [0.25, 0.3) is 0 Å². The molecule has 2 heterocycles. The van der Waals surface area contributed by atoms with Crippen molar-refractivity contribution in [3.8, 4) is 11.5 Å². The lowest BCUT2D eigenvalue weighted by Gasteiger charge is -2.32. The van der Waals surface area contributed by atoms with E-state index in [0.29, 0.717) is 25.7 Å². The van der Waals surface area contributed by atoms with Crippen molar-refractivity contribution >= 4 is 29.9 Å². The molecule has 7 heteroatoms. The van der Waals surface area contributed by atoms with E-state index in [9.17, 15) is 0 Å². The average Bonchev–Trinajstić information content (AvgIpc) is 3.05. The summed E-state index contributed by atoms with van der Waals surface area (Å²) in [5, 5.41) is 6.91. The quantitative estimate of drug-likeness (QED) is 0.323. The Morgan fingerprint density at radius 1 is 0.969 bits per heavy atom. The Labute approximate surface area is 208 Å². The van der Waals surface area contributed by atoms with Crippen molar-refractivity contribution in [2.75, 3.05) is 33.4 Å². The van der Waals surface area contributed by atoms with Crippen LogP contribution in [0.15, 0.2) is 47.5 Å². The lowest BCUT2D eigenvalue weighted by Crippen LogP contribution is -2.41. The largest absolute Gasteiger partial charge is 0.490 e. The van der Waals surface area contributed by atoms with E-state index in [2.05, 4.69) is 52.9 Å². The first-order valence-corrected chi connectivity index (χ1v) is 11.2. The molecule has 0 aromatic heterocycles. The number of nitrogens with zero attached hydrogens (tertiary/aromatic N) is 1. The van der Waals surface area contributed by atoms with Gasteiger partial charge < -0.3 is 24.8 Å². The van der Waals surface area contributed by atoms with Gasteiger partial charge in [-0.15, -0.1) is 24.0 Å². The first kappa shape index (κ1) is 24.6. The molecule has 32 heavy (non-hydrogen) atoms. The zero-order valence-corrected chi connectivity index (χ0v) is 21.3. The molecule has 2 atom stereocenters. The number of rotatable bonds is 5. The van der Waals surface area contributed by atoms with Crippen LogP contribution in [0.3, 0.4) is 0 Å². The van der Waals surface area contributed by atoms with Gasteiger partial charge in [-0.05, 0) is 43.0 Å². The van der Waals surface area contributed by atoms with Crippen molar-refractivity contribution in [2.24, 2.45) is 10.9 Å². The van der Waals surface area contributed by atoms with E-state index in [4.69, 9.17) is 14.2 Å². The molecule has 2 N–H and O–H groups in total. The molecule has 1 saturated heterocycles. The minimum Gasteiger partial charge on any atom is -0.490 e. The van der Waals surface area contributed by atoms with E-state index in [-0.39, 0.29) is 30.1 Å². The van der Waals surface area contributed by atoms with E-state index >= 15 is 0 Å². The summed E-state index contributed by atoms with van der Waals surface area (Å²) < 4.78 is 17.7. The second-order valence-electron chi connectivity index (χ2n) is 8.24. The predicted octanol–water partition coefficient (Wildman–Crippen LogP) is 4.61.